The monoisotopic (exact) mass is 409 g/mol. The van der Waals surface area contributed by atoms with Crippen LogP contribution in [-0.2, 0) is 11.3 Å². The second-order valence-corrected chi connectivity index (χ2v) is 7.45. The summed E-state index contributed by atoms with van der Waals surface area (Å²) in [5.41, 5.74) is 3.81. The van der Waals surface area contributed by atoms with Gasteiger partial charge in [-0.25, -0.2) is 4.79 Å². The van der Waals surface area contributed by atoms with Gasteiger partial charge in [0.15, 0.2) is 11.0 Å². The maximum absolute atomic E-state index is 12.2. The van der Waals surface area contributed by atoms with Gasteiger partial charge in [0.25, 0.3) is 0 Å². The Balaban J connectivity index is 1.57. The first kappa shape index (κ1) is 20.6. The number of carbonyl (C=O) groups excluding carboxylic acids is 2. The number of nitrogens with zero attached hydrogens (tertiary/aromatic N) is 3. The summed E-state index contributed by atoms with van der Waals surface area (Å²) in [5.74, 6) is 0.416. The number of hydrogen-bond donors (Lipinski definition) is 2. The van der Waals surface area contributed by atoms with Crippen molar-refractivity contribution in [3.63, 3.8) is 0 Å². The largest absolute Gasteiger partial charge is 0.325 e. The molecular weight excluding hydrogens is 386 g/mol. The number of hydrogen-bond acceptors (Lipinski definition) is 5. The van der Waals surface area contributed by atoms with E-state index in [9.17, 15) is 9.59 Å². The zero-order chi connectivity index (χ0) is 20.8. The van der Waals surface area contributed by atoms with Crippen LogP contribution < -0.4 is 10.6 Å². The summed E-state index contributed by atoms with van der Waals surface area (Å²) in [5, 5.41) is 14.1. The van der Waals surface area contributed by atoms with Crippen molar-refractivity contribution >= 4 is 29.4 Å². The van der Waals surface area contributed by atoms with Crippen molar-refractivity contribution in [3.8, 4) is 11.4 Å². The summed E-state index contributed by atoms with van der Waals surface area (Å²) in [6.45, 7) is 6.64. The Hall–Kier alpha value is -3.13. The Morgan fingerprint density at radius 2 is 1.79 bits per heavy atom. The van der Waals surface area contributed by atoms with Crippen LogP contribution in [0.3, 0.4) is 0 Å². The van der Waals surface area contributed by atoms with Crippen molar-refractivity contribution in [2.24, 2.45) is 0 Å². The van der Waals surface area contributed by atoms with Gasteiger partial charge in [0.05, 0.1) is 5.75 Å². The number of amides is 3. The van der Waals surface area contributed by atoms with Gasteiger partial charge in [-0.2, -0.15) is 0 Å². The smallest absolute Gasteiger partial charge is 0.308 e. The van der Waals surface area contributed by atoms with Crippen LogP contribution in [0.25, 0.3) is 11.4 Å². The van der Waals surface area contributed by atoms with Crippen molar-refractivity contribution in [2.75, 3.05) is 11.1 Å². The number of thioether (sulfide) groups is 1. The van der Waals surface area contributed by atoms with Crippen LogP contribution in [0.1, 0.15) is 18.1 Å². The molecule has 8 heteroatoms. The van der Waals surface area contributed by atoms with Gasteiger partial charge in [-0.1, -0.05) is 48.2 Å². The summed E-state index contributed by atoms with van der Waals surface area (Å²) >= 11 is 1.25. The fourth-order valence-corrected chi connectivity index (χ4v) is 3.56. The standard InChI is InChI=1S/C21H23N5O2S/c1-4-26-19(16-8-6-5-7-9-16)24-25-21(26)29-13-18(27)23-20(28)22-17-11-10-14(2)15(3)12-17/h5-12H,4,13H2,1-3H3,(H2,22,23,27,28). The molecule has 3 rings (SSSR count). The fourth-order valence-electron chi connectivity index (χ4n) is 2.76. The van der Waals surface area contributed by atoms with E-state index in [1.807, 2.05) is 67.8 Å². The summed E-state index contributed by atoms with van der Waals surface area (Å²) in [7, 11) is 0. The highest BCUT2D eigenvalue weighted by Gasteiger charge is 2.15. The van der Waals surface area contributed by atoms with Crippen molar-refractivity contribution in [1.82, 2.24) is 20.1 Å². The van der Waals surface area contributed by atoms with Gasteiger partial charge >= 0.3 is 6.03 Å². The summed E-state index contributed by atoms with van der Waals surface area (Å²) < 4.78 is 1.95. The van der Waals surface area contributed by atoms with E-state index in [2.05, 4.69) is 20.8 Å². The highest BCUT2D eigenvalue weighted by Crippen LogP contribution is 2.23. The number of urea groups is 1. The second-order valence-electron chi connectivity index (χ2n) is 6.51. The fraction of sp³-hybridized carbons (Fsp3) is 0.238. The minimum Gasteiger partial charge on any atom is -0.308 e. The molecule has 0 spiro atoms. The summed E-state index contributed by atoms with van der Waals surface area (Å²) in [6, 6.07) is 14.8. The minimum absolute atomic E-state index is 0.0628. The highest BCUT2D eigenvalue weighted by atomic mass is 32.2. The maximum Gasteiger partial charge on any atom is 0.325 e. The SMILES string of the molecule is CCn1c(SCC(=O)NC(=O)Nc2ccc(C)c(C)c2)nnc1-c1ccccc1. The van der Waals surface area contributed by atoms with Crippen LogP contribution >= 0.6 is 11.8 Å². The molecule has 1 aromatic heterocycles. The Morgan fingerprint density at radius 1 is 1.03 bits per heavy atom. The number of aromatic nitrogens is 3. The molecule has 0 bridgehead atoms. The molecule has 7 nitrogen and oxygen atoms in total. The first-order valence-corrected chi connectivity index (χ1v) is 10.3. The highest BCUT2D eigenvalue weighted by molar-refractivity contribution is 7.99. The normalized spacial score (nSPS) is 10.6. The molecule has 2 aromatic carbocycles. The second kappa shape index (κ2) is 9.38. The number of anilines is 1. The van der Waals surface area contributed by atoms with Gasteiger partial charge in [-0.3, -0.25) is 10.1 Å². The Labute approximate surface area is 173 Å². The summed E-state index contributed by atoms with van der Waals surface area (Å²) in [6.07, 6.45) is 0. The molecule has 0 aliphatic heterocycles. The number of rotatable bonds is 6. The average Bonchev–Trinajstić information content (AvgIpc) is 3.12. The zero-order valence-corrected chi connectivity index (χ0v) is 17.4. The van der Waals surface area contributed by atoms with E-state index in [4.69, 9.17) is 0 Å². The number of carbonyl (C=O) groups is 2. The first-order valence-electron chi connectivity index (χ1n) is 9.27. The number of benzene rings is 2. The molecule has 1 heterocycles. The molecule has 0 unspecified atom stereocenters. The van der Waals surface area contributed by atoms with E-state index in [0.717, 1.165) is 22.5 Å². The minimum atomic E-state index is -0.555. The quantitative estimate of drug-likeness (QED) is 0.600. The maximum atomic E-state index is 12.2. The third kappa shape index (κ3) is 5.23. The first-order chi connectivity index (χ1) is 14.0. The van der Waals surface area contributed by atoms with Crippen LogP contribution in [0.4, 0.5) is 10.5 Å². The van der Waals surface area contributed by atoms with Crippen LogP contribution in [0.5, 0.6) is 0 Å². The molecule has 29 heavy (non-hydrogen) atoms. The molecule has 2 N–H and O–H groups in total. The number of nitrogens with one attached hydrogen (secondary N) is 2. The van der Waals surface area contributed by atoms with E-state index in [-0.39, 0.29) is 5.75 Å². The van der Waals surface area contributed by atoms with Crippen molar-refractivity contribution in [2.45, 2.75) is 32.5 Å². The van der Waals surface area contributed by atoms with Crippen LogP contribution in [0.15, 0.2) is 53.7 Å². The van der Waals surface area contributed by atoms with Crippen LogP contribution in [-0.4, -0.2) is 32.5 Å². The molecule has 0 fully saturated rings. The lowest BCUT2D eigenvalue weighted by molar-refractivity contribution is -0.117. The Kier molecular flexibility index (Phi) is 6.66. The topological polar surface area (TPSA) is 88.9 Å². The lowest BCUT2D eigenvalue weighted by Gasteiger charge is -2.09. The van der Waals surface area contributed by atoms with Crippen LogP contribution in [0.2, 0.25) is 0 Å². The predicted molar refractivity (Wildman–Crippen MR) is 115 cm³/mol. The third-order valence-corrected chi connectivity index (χ3v) is 5.38. The Morgan fingerprint density at radius 3 is 2.48 bits per heavy atom. The van der Waals surface area contributed by atoms with Crippen molar-refractivity contribution in [1.29, 1.82) is 0 Å². The van der Waals surface area contributed by atoms with Gasteiger partial charge in [-0.05, 0) is 44.0 Å². The summed E-state index contributed by atoms with van der Waals surface area (Å²) in [4.78, 5) is 24.2. The lowest BCUT2D eigenvalue weighted by atomic mass is 10.1. The van der Waals surface area contributed by atoms with Crippen LogP contribution in [0, 0.1) is 13.8 Å². The van der Waals surface area contributed by atoms with Gasteiger partial charge < -0.3 is 9.88 Å². The Bertz CT molecular complexity index is 1020. The number of aryl methyl sites for hydroxylation is 2. The molecule has 0 aliphatic rings. The van der Waals surface area contributed by atoms with E-state index in [1.165, 1.54) is 11.8 Å². The molecule has 0 aliphatic carbocycles. The molecule has 3 amide bonds. The molecular formula is C21H23N5O2S. The zero-order valence-electron chi connectivity index (χ0n) is 16.6. The van der Waals surface area contributed by atoms with E-state index in [0.29, 0.717) is 17.4 Å². The molecule has 0 saturated carbocycles. The van der Waals surface area contributed by atoms with Gasteiger partial charge in [-0.15, -0.1) is 10.2 Å². The number of imide groups is 1. The van der Waals surface area contributed by atoms with Gasteiger partial charge in [0.2, 0.25) is 5.91 Å². The molecule has 0 atom stereocenters. The van der Waals surface area contributed by atoms with Crippen molar-refractivity contribution in [3.05, 3.63) is 59.7 Å². The molecule has 150 valence electrons. The van der Waals surface area contributed by atoms with Gasteiger partial charge in [0.1, 0.15) is 0 Å². The molecule has 0 radical (unpaired) electrons. The van der Waals surface area contributed by atoms with E-state index >= 15 is 0 Å². The average molecular weight is 410 g/mol. The molecule has 3 aromatic rings. The molecule has 0 saturated heterocycles. The lowest BCUT2D eigenvalue weighted by Crippen LogP contribution is -2.35. The predicted octanol–water partition coefficient (Wildman–Crippen LogP) is 4.02. The van der Waals surface area contributed by atoms with E-state index < -0.39 is 11.9 Å². The third-order valence-electron chi connectivity index (χ3n) is 4.42. The van der Waals surface area contributed by atoms with E-state index in [1.54, 1.807) is 6.07 Å². The van der Waals surface area contributed by atoms with Crippen molar-refractivity contribution < 1.29 is 9.59 Å². The van der Waals surface area contributed by atoms with Gasteiger partial charge in [0, 0.05) is 17.8 Å².